The number of fused-ring (bicyclic) bond motifs is 1. The van der Waals surface area contributed by atoms with Crippen LogP contribution in [-0.4, -0.2) is 59.6 Å². The van der Waals surface area contributed by atoms with Crippen LogP contribution in [0.15, 0.2) is 0 Å². The van der Waals surface area contributed by atoms with E-state index in [1.165, 1.54) is 38.5 Å². The molecule has 0 aromatic carbocycles. The number of carbonyl (C=O) groups is 1. The fourth-order valence-corrected chi connectivity index (χ4v) is 6.84. The highest BCUT2D eigenvalue weighted by atomic mass is 16.4. The van der Waals surface area contributed by atoms with Gasteiger partial charge in [0.05, 0.1) is 0 Å². The summed E-state index contributed by atoms with van der Waals surface area (Å²) in [5, 5.41) is 22.3. The molecule has 1 amide bonds. The molecule has 2 heterocycles. The summed E-state index contributed by atoms with van der Waals surface area (Å²) in [7, 11) is -1.28. The van der Waals surface area contributed by atoms with Gasteiger partial charge in [0, 0.05) is 31.0 Å². The summed E-state index contributed by atoms with van der Waals surface area (Å²) >= 11 is 0. The van der Waals surface area contributed by atoms with E-state index in [1.54, 1.807) is 0 Å². The monoisotopic (exact) mass is 405 g/mol. The Labute approximate surface area is 176 Å². The first-order valence-corrected chi connectivity index (χ1v) is 12.2. The average molecular weight is 405 g/mol. The maximum Gasteiger partial charge on any atom is 0.469 e. The second-order valence-electron chi connectivity index (χ2n) is 10.3. The van der Waals surface area contributed by atoms with Gasteiger partial charge in [-0.1, -0.05) is 12.8 Å². The van der Waals surface area contributed by atoms with Crippen LogP contribution in [0.1, 0.15) is 70.6 Å². The van der Waals surface area contributed by atoms with Crippen LogP contribution < -0.4 is 11.1 Å². The third-order valence-corrected chi connectivity index (χ3v) is 8.64. The van der Waals surface area contributed by atoms with Gasteiger partial charge in [-0.15, -0.1) is 0 Å². The van der Waals surface area contributed by atoms with Crippen molar-refractivity contribution in [2.75, 3.05) is 19.6 Å². The highest BCUT2D eigenvalue weighted by Crippen LogP contribution is 2.40. The fourth-order valence-electron chi connectivity index (χ4n) is 6.84. The van der Waals surface area contributed by atoms with Crippen molar-refractivity contribution in [3.63, 3.8) is 0 Å². The van der Waals surface area contributed by atoms with E-state index in [1.807, 2.05) is 0 Å². The Morgan fingerprint density at radius 1 is 0.931 bits per heavy atom. The van der Waals surface area contributed by atoms with Gasteiger partial charge in [0.25, 0.3) is 0 Å². The molecule has 6 atom stereocenters. The maximum atomic E-state index is 13.2. The Balaban J connectivity index is 1.24. The lowest BCUT2D eigenvalue weighted by molar-refractivity contribution is -0.139. The second kappa shape index (κ2) is 9.67. The predicted molar refractivity (Wildman–Crippen MR) is 115 cm³/mol. The van der Waals surface area contributed by atoms with E-state index in [0.29, 0.717) is 17.9 Å². The Hall–Kier alpha value is -0.625. The number of hydrogen-bond donors (Lipinski definition) is 4. The average Bonchev–Trinajstić information content (AvgIpc) is 2.78. The van der Waals surface area contributed by atoms with E-state index in [-0.39, 0.29) is 11.9 Å². The third-order valence-electron chi connectivity index (χ3n) is 8.64. The van der Waals surface area contributed by atoms with Crippen molar-refractivity contribution in [3.05, 3.63) is 0 Å². The number of nitrogens with zero attached hydrogens (tertiary/aromatic N) is 1. The van der Waals surface area contributed by atoms with Crippen LogP contribution in [0.5, 0.6) is 0 Å². The molecule has 7 heteroatoms. The number of hydrogen-bond acceptors (Lipinski definition) is 5. The normalized spacial score (nSPS) is 39.1. The Morgan fingerprint density at radius 3 is 2.45 bits per heavy atom. The Bertz CT molecular complexity index is 555. The molecule has 164 valence electrons. The zero-order chi connectivity index (χ0) is 20.4. The van der Waals surface area contributed by atoms with Crippen LogP contribution in [0.3, 0.4) is 0 Å². The first-order valence-electron chi connectivity index (χ1n) is 12.2. The molecule has 29 heavy (non-hydrogen) atoms. The molecule has 4 rings (SSSR count). The van der Waals surface area contributed by atoms with Crippen LogP contribution >= 0.6 is 0 Å². The lowest BCUT2D eigenvalue weighted by Crippen LogP contribution is -2.56. The van der Waals surface area contributed by atoms with E-state index >= 15 is 0 Å². The molecule has 0 radical (unpaired) electrons. The molecule has 6 nitrogen and oxygen atoms in total. The molecule has 0 spiro atoms. The molecule has 5 N–H and O–H groups in total. The van der Waals surface area contributed by atoms with Crippen LogP contribution in [0, 0.1) is 29.6 Å². The van der Waals surface area contributed by atoms with E-state index in [4.69, 9.17) is 5.73 Å². The van der Waals surface area contributed by atoms with E-state index in [9.17, 15) is 14.8 Å². The highest BCUT2D eigenvalue weighted by Gasteiger charge is 2.41. The Kier molecular flexibility index (Phi) is 7.20. The van der Waals surface area contributed by atoms with Gasteiger partial charge in [-0.3, -0.25) is 4.79 Å². The third kappa shape index (κ3) is 5.00. The van der Waals surface area contributed by atoms with Gasteiger partial charge in [0.2, 0.25) is 5.91 Å². The minimum atomic E-state index is -1.28. The molecule has 0 aromatic rings. The maximum absolute atomic E-state index is 13.2. The number of likely N-dealkylation sites (tertiary alicyclic amines) is 1. The van der Waals surface area contributed by atoms with Gasteiger partial charge in [-0.05, 0) is 88.0 Å². The number of rotatable bonds is 4. The predicted octanol–water partition coefficient (Wildman–Crippen LogP) is 1.54. The van der Waals surface area contributed by atoms with Crippen molar-refractivity contribution in [3.8, 4) is 0 Å². The van der Waals surface area contributed by atoms with Gasteiger partial charge in [-0.25, -0.2) is 0 Å². The molecule has 2 saturated heterocycles. The summed E-state index contributed by atoms with van der Waals surface area (Å²) < 4.78 is 0. The number of piperidine rings is 2. The van der Waals surface area contributed by atoms with Crippen molar-refractivity contribution < 1.29 is 14.8 Å². The van der Waals surface area contributed by atoms with Crippen LogP contribution in [-0.2, 0) is 4.79 Å². The molecule has 2 aliphatic carbocycles. The molecule has 2 saturated carbocycles. The Morgan fingerprint density at radius 2 is 1.72 bits per heavy atom. The smallest absolute Gasteiger partial charge is 0.426 e. The largest absolute Gasteiger partial charge is 0.469 e. The lowest BCUT2D eigenvalue weighted by atomic mass is 9.66. The SMILES string of the molecule is NCC1CCCC(C2CCN(C(=O)C3CCC4NC(B(O)O)CCC4C3)CC2)C1. The van der Waals surface area contributed by atoms with Gasteiger partial charge in [-0.2, -0.15) is 0 Å². The number of nitrogens with two attached hydrogens (primary N) is 1. The summed E-state index contributed by atoms with van der Waals surface area (Å²) in [6, 6.07) is 0.340. The summed E-state index contributed by atoms with van der Waals surface area (Å²) in [4.78, 5) is 15.3. The molecule has 6 unspecified atom stereocenters. The molecule has 0 aromatic heterocycles. The number of carbonyl (C=O) groups excluding carboxylic acids is 1. The molecule has 2 aliphatic heterocycles. The molecular weight excluding hydrogens is 365 g/mol. The van der Waals surface area contributed by atoms with Gasteiger partial charge in [0.1, 0.15) is 0 Å². The van der Waals surface area contributed by atoms with Crippen molar-refractivity contribution in [2.45, 2.75) is 82.6 Å². The summed E-state index contributed by atoms with van der Waals surface area (Å²) in [5.41, 5.74) is 5.93. The van der Waals surface area contributed by atoms with Crippen LogP contribution in [0.4, 0.5) is 0 Å². The summed E-state index contributed by atoms with van der Waals surface area (Å²) in [6.07, 6.45) is 12.3. The number of amides is 1. The molecule has 4 fully saturated rings. The summed E-state index contributed by atoms with van der Waals surface area (Å²) in [5.74, 6) is 3.18. The van der Waals surface area contributed by atoms with Gasteiger partial charge >= 0.3 is 7.12 Å². The van der Waals surface area contributed by atoms with Crippen molar-refractivity contribution >= 4 is 13.0 Å². The zero-order valence-corrected chi connectivity index (χ0v) is 17.8. The van der Waals surface area contributed by atoms with Crippen molar-refractivity contribution in [1.29, 1.82) is 0 Å². The van der Waals surface area contributed by atoms with Crippen LogP contribution in [0.25, 0.3) is 0 Å². The van der Waals surface area contributed by atoms with Crippen molar-refractivity contribution in [1.82, 2.24) is 10.2 Å². The molecule has 4 aliphatic rings. The first-order chi connectivity index (χ1) is 14.0. The molecular formula is C22H40BN3O3. The van der Waals surface area contributed by atoms with E-state index in [0.717, 1.165) is 69.5 Å². The van der Waals surface area contributed by atoms with Crippen LogP contribution in [0.2, 0.25) is 0 Å². The molecule has 0 bridgehead atoms. The minimum Gasteiger partial charge on any atom is -0.426 e. The highest BCUT2D eigenvalue weighted by molar-refractivity contribution is 6.43. The standard InChI is InChI=1S/C22H40BN3O3/c24-14-15-2-1-3-17(12-15)16-8-10-26(11-9-16)22(27)19-4-6-20-18(13-19)5-7-21(25-20)23(28)29/h15-21,25,28-29H,1-14,24H2. The van der Waals surface area contributed by atoms with Gasteiger partial charge in [0.15, 0.2) is 0 Å². The topological polar surface area (TPSA) is 98.8 Å². The van der Waals surface area contributed by atoms with E-state index in [2.05, 4.69) is 10.2 Å². The minimum absolute atomic E-state index is 0.168. The van der Waals surface area contributed by atoms with Gasteiger partial charge < -0.3 is 26.0 Å². The quantitative estimate of drug-likeness (QED) is 0.532. The first kappa shape index (κ1) is 21.6. The number of nitrogens with one attached hydrogen (secondary N) is 1. The van der Waals surface area contributed by atoms with E-state index < -0.39 is 7.12 Å². The fraction of sp³-hybridized carbons (Fsp3) is 0.955. The summed E-state index contributed by atoms with van der Waals surface area (Å²) in [6.45, 7) is 2.72. The van der Waals surface area contributed by atoms with Crippen molar-refractivity contribution in [2.24, 2.45) is 35.3 Å². The lowest BCUT2D eigenvalue weighted by Gasteiger charge is -2.44. The zero-order valence-electron chi connectivity index (χ0n) is 17.8. The second-order valence-corrected chi connectivity index (χ2v) is 10.3.